The molecule has 1 fully saturated rings. The Hall–Kier alpha value is -2.55. The smallest absolute Gasteiger partial charge is 0.254 e. The van der Waals surface area contributed by atoms with Crippen LogP contribution in [0.4, 0.5) is 0 Å². The van der Waals surface area contributed by atoms with Gasteiger partial charge in [-0.3, -0.25) is 4.79 Å². The number of nitrogens with zero attached hydrogens (tertiary/aromatic N) is 1. The number of amides is 1. The number of aromatic nitrogens is 1. The van der Waals surface area contributed by atoms with Crippen LogP contribution in [0.3, 0.4) is 0 Å². The van der Waals surface area contributed by atoms with Crippen LogP contribution in [-0.4, -0.2) is 22.3 Å². The van der Waals surface area contributed by atoms with Gasteiger partial charge in [0.15, 0.2) is 0 Å². The lowest BCUT2D eigenvalue weighted by molar-refractivity contribution is 0.0611. The average Bonchev–Trinajstić information content (AvgIpc) is 3.09. The Morgan fingerprint density at radius 2 is 1.91 bits per heavy atom. The number of H-pyrrole nitrogens is 1. The third kappa shape index (κ3) is 2.63. The van der Waals surface area contributed by atoms with Crippen molar-refractivity contribution < 1.29 is 4.79 Å². The summed E-state index contributed by atoms with van der Waals surface area (Å²) in [5.74, 6) is 0.143. The highest BCUT2D eigenvalue weighted by molar-refractivity contribution is 5.94. The number of carbonyl (C=O) groups is 1. The lowest BCUT2D eigenvalue weighted by Gasteiger charge is -2.36. The molecule has 1 atom stereocenters. The number of nitrogens with one attached hydrogen (secondary N) is 1. The monoisotopic (exact) mass is 304 g/mol. The fourth-order valence-corrected chi connectivity index (χ4v) is 3.55. The fourth-order valence-electron chi connectivity index (χ4n) is 3.55. The fraction of sp³-hybridized carbons (Fsp3) is 0.250. The quantitative estimate of drug-likeness (QED) is 0.741. The molecule has 3 heteroatoms. The van der Waals surface area contributed by atoms with E-state index in [1.54, 1.807) is 0 Å². The third-order valence-electron chi connectivity index (χ3n) is 4.75. The first kappa shape index (κ1) is 14.1. The second-order valence-electron chi connectivity index (χ2n) is 6.20. The molecule has 2 heterocycles. The molecule has 1 aliphatic heterocycles. The molecular weight excluding hydrogens is 284 g/mol. The van der Waals surface area contributed by atoms with Gasteiger partial charge in [0, 0.05) is 23.8 Å². The van der Waals surface area contributed by atoms with E-state index in [2.05, 4.69) is 29.2 Å². The van der Waals surface area contributed by atoms with Crippen molar-refractivity contribution in [2.75, 3.05) is 6.54 Å². The number of rotatable bonds is 2. The predicted octanol–water partition coefficient (Wildman–Crippen LogP) is 4.54. The predicted molar refractivity (Wildman–Crippen MR) is 92.4 cm³/mol. The Kier molecular flexibility index (Phi) is 3.62. The summed E-state index contributed by atoms with van der Waals surface area (Å²) in [6, 6.07) is 18.4. The molecule has 1 N–H and O–H groups in total. The number of hydrogen-bond acceptors (Lipinski definition) is 1. The van der Waals surface area contributed by atoms with Gasteiger partial charge in [0.1, 0.15) is 0 Å². The molecule has 0 unspecified atom stereocenters. The first-order valence-corrected chi connectivity index (χ1v) is 8.26. The van der Waals surface area contributed by atoms with Gasteiger partial charge in [-0.15, -0.1) is 0 Å². The minimum atomic E-state index is 0.143. The molecule has 23 heavy (non-hydrogen) atoms. The third-order valence-corrected chi connectivity index (χ3v) is 4.75. The van der Waals surface area contributed by atoms with Crippen LogP contribution in [0.25, 0.3) is 10.9 Å². The van der Waals surface area contributed by atoms with Crippen LogP contribution in [0.5, 0.6) is 0 Å². The van der Waals surface area contributed by atoms with Crippen molar-refractivity contribution in [1.29, 1.82) is 0 Å². The molecule has 0 saturated carbocycles. The van der Waals surface area contributed by atoms with Crippen LogP contribution in [0.2, 0.25) is 0 Å². The maximum Gasteiger partial charge on any atom is 0.254 e. The van der Waals surface area contributed by atoms with E-state index in [1.807, 2.05) is 41.4 Å². The highest BCUT2D eigenvalue weighted by Gasteiger charge is 2.28. The normalized spacial score (nSPS) is 18.3. The second kappa shape index (κ2) is 5.92. The summed E-state index contributed by atoms with van der Waals surface area (Å²) >= 11 is 0. The van der Waals surface area contributed by atoms with E-state index in [0.29, 0.717) is 0 Å². The Balaban J connectivity index is 1.68. The van der Waals surface area contributed by atoms with Crippen LogP contribution in [0, 0.1) is 0 Å². The van der Waals surface area contributed by atoms with Crippen molar-refractivity contribution in [3.63, 3.8) is 0 Å². The molecule has 2 aromatic carbocycles. The number of hydrogen-bond donors (Lipinski definition) is 1. The topological polar surface area (TPSA) is 36.1 Å². The zero-order valence-corrected chi connectivity index (χ0v) is 13.0. The molecule has 1 amide bonds. The number of benzene rings is 2. The summed E-state index contributed by atoms with van der Waals surface area (Å²) in [6.45, 7) is 0.837. The molecule has 3 aromatic rings. The van der Waals surface area contributed by atoms with Crippen molar-refractivity contribution in [2.24, 2.45) is 0 Å². The summed E-state index contributed by atoms with van der Waals surface area (Å²) in [7, 11) is 0. The van der Waals surface area contributed by atoms with Crippen molar-refractivity contribution in [3.05, 3.63) is 71.9 Å². The molecule has 0 radical (unpaired) electrons. The standard InChI is InChI=1S/C20H20N2O/c23-20(15-6-2-1-3-7-15)22-13-5-4-8-19(22)17-9-10-18-16(14-17)11-12-21-18/h1-3,6-7,9-12,14,19,21H,4-5,8,13H2/t19-/m1/s1. The number of carbonyl (C=O) groups excluding carboxylic acids is 1. The second-order valence-corrected chi connectivity index (χ2v) is 6.20. The maximum atomic E-state index is 12.9. The Morgan fingerprint density at radius 1 is 1.04 bits per heavy atom. The van der Waals surface area contributed by atoms with E-state index >= 15 is 0 Å². The molecular formula is C20H20N2O. The maximum absolute atomic E-state index is 12.9. The first-order valence-electron chi connectivity index (χ1n) is 8.26. The van der Waals surface area contributed by atoms with Gasteiger partial charge >= 0.3 is 0 Å². The van der Waals surface area contributed by atoms with Crippen molar-refractivity contribution >= 4 is 16.8 Å². The van der Waals surface area contributed by atoms with E-state index in [1.165, 1.54) is 17.4 Å². The summed E-state index contributed by atoms with van der Waals surface area (Å²) in [5.41, 5.74) is 3.16. The largest absolute Gasteiger partial charge is 0.361 e. The van der Waals surface area contributed by atoms with Crippen LogP contribution in [0.1, 0.15) is 41.2 Å². The summed E-state index contributed by atoms with van der Waals surface area (Å²) in [6.07, 6.45) is 5.26. The van der Waals surface area contributed by atoms with Gasteiger partial charge in [-0.05, 0) is 60.5 Å². The Bertz CT molecular complexity index is 822. The number of fused-ring (bicyclic) bond motifs is 1. The van der Waals surface area contributed by atoms with Gasteiger partial charge in [0.25, 0.3) is 5.91 Å². The van der Waals surface area contributed by atoms with Gasteiger partial charge in [-0.1, -0.05) is 24.3 Å². The molecule has 3 nitrogen and oxygen atoms in total. The first-order chi connectivity index (χ1) is 11.3. The Labute approximate surface area is 135 Å². The molecule has 1 aliphatic rings. The number of likely N-dealkylation sites (tertiary alicyclic amines) is 1. The van der Waals surface area contributed by atoms with E-state index < -0.39 is 0 Å². The summed E-state index contributed by atoms with van der Waals surface area (Å²) in [5, 5.41) is 1.21. The van der Waals surface area contributed by atoms with Crippen molar-refractivity contribution in [3.8, 4) is 0 Å². The van der Waals surface area contributed by atoms with Gasteiger partial charge in [0.2, 0.25) is 0 Å². The number of piperidine rings is 1. The molecule has 1 saturated heterocycles. The molecule has 1 aromatic heterocycles. The van der Waals surface area contributed by atoms with Crippen LogP contribution >= 0.6 is 0 Å². The lowest BCUT2D eigenvalue weighted by Crippen LogP contribution is -2.38. The lowest BCUT2D eigenvalue weighted by atomic mass is 9.93. The highest BCUT2D eigenvalue weighted by atomic mass is 16.2. The number of aromatic amines is 1. The highest BCUT2D eigenvalue weighted by Crippen LogP contribution is 2.33. The van der Waals surface area contributed by atoms with Crippen LogP contribution < -0.4 is 0 Å². The Morgan fingerprint density at radius 3 is 2.78 bits per heavy atom. The average molecular weight is 304 g/mol. The van der Waals surface area contributed by atoms with Gasteiger partial charge in [-0.25, -0.2) is 0 Å². The van der Waals surface area contributed by atoms with E-state index in [4.69, 9.17) is 0 Å². The summed E-state index contributed by atoms with van der Waals surface area (Å²) < 4.78 is 0. The van der Waals surface area contributed by atoms with Gasteiger partial charge in [-0.2, -0.15) is 0 Å². The molecule has 0 spiro atoms. The van der Waals surface area contributed by atoms with E-state index in [9.17, 15) is 4.79 Å². The summed E-state index contributed by atoms with van der Waals surface area (Å²) in [4.78, 5) is 18.2. The van der Waals surface area contributed by atoms with Crippen molar-refractivity contribution in [1.82, 2.24) is 9.88 Å². The minimum Gasteiger partial charge on any atom is -0.361 e. The van der Waals surface area contributed by atoms with Gasteiger partial charge in [0.05, 0.1) is 6.04 Å². The SMILES string of the molecule is O=C(c1ccccc1)N1CCCC[C@@H]1c1ccc2[nH]ccc2c1. The molecule has 116 valence electrons. The molecule has 0 bridgehead atoms. The zero-order valence-electron chi connectivity index (χ0n) is 13.0. The molecule has 4 rings (SSSR count). The van der Waals surface area contributed by atoms with Gasteiger partial charge < -0.3 is 9.88 Å². The van der Waals surface area contributed by atoms with Crippen LogP contribution in [-0.2, 0) is 0 Å². The minimum absolute atomic E-state index is 0.143. The van der Waals surface area contributed by atoms with Crippen LogP contribution in [0.15, 0.2) is 60.8 Å². The van der Waals surface area contributed by atoms with Crippen molar-refractivity contribution in [2.45, 2.75) is 25.3 Å². The zero-order chi connectivity index (χ0) is 15.6. The van der Waals surface area contributed by atoms with E-state index in [0.717, 1.165) is 30.5 Å². The van der Waals surface area contributed by atoms with E-state index in [-0.39, 0.29) is 11.9 Å². The molecule has 0 aliphatic carbocycles.